The summed E-state index contributed by atoms with van der Waals surface area (Å²) in [7, 11) is 2.03. The van der Waals surface area contributed by atoms with E-state index in [4.69, 9.17) is 0 Å². The molecule has 1 aromatic rings. The van der Waals surface area contributed by atoms with Crippen molar-refractivity contribution in [2.24, 2.45) is 5.92 Å². The summed E-state index contributed by atoms with van der Waals surface area (Å²) in [5, 5.41) is 3.29. The molecule has 0 amide bonds. The highest BCUT2D eigenvalue weighted by molar-refractivity contribution is 14.1. The number of nitrogens with one attached hydrogen (secondary N) is 1. The van der Waals surface area contributed by atoms with Crippen LogP contribution in [-0.4, -0.2) is 13.1 Å². The van der Waals surface area contributed by atoms with Crippen LogP contribution in [0.15, 0.2) is 24.3 Å². The van der Waals surface area contributed by atoms with E-state index in [1.165, 1.54) is 22.0 Å². The molecular weight excluding hydrogens is 297 g/mol. The summed E-state index contributed by atoms with van der Waals surface area (Å²) in [6, 6.07) is 9.46. The van der Waals surface area contributed by atoms with Gasteiger partial charge in [0.15, 0.2) is 0 Å². The van der Waals surface area contributed by atoms with Crippen LogP contribution in [0.2, 0.25) is 0 Å². The Kier molecular flexibility index (Phi) is 5.61. The summed E-state index contributed by atoms with van der Waals surface area (Å²) in [6.45, 7) is 4.57. The first-order valence-corrected chi connectivity index (χ1v) is 6.61. The van der Waals surface area contributed by atoms with Crippen molar-refractivity contribution >= 4 is 22.6 Å². The standard InChI is InChI=1S/C13H20IN/c1-10(8-11(2)15-3)9-12-4-6-13(14)7-5-12/h4-7,10-11,15H,8-9H2,1-3H3. The maximum atomic E-state index is 3.29. The van der Waals surface area contributed by atoms with Gasteiger partial charge in [-0.1, -0.05) is 19.1 Å². The molecule has 0 saturated heterocycles. The fourth-order valence-electron chi connectivity index (χ4n) is 1.83. The average molecular weight is 317 g/mol. The molecule has 0 fully saturated rings. The molecule has 0 bridgehead atoms. The minimum Gasteiger partial charge on any atom is -0.317 e. The van der Waals surface area contributed by atoms with E-state index in [2.05, 4.69) is 66.0 Å². The van der Waals surface area contributed by atoms with Gasteiger partial charge in [0.1, 0.15) is 0 Å². The molecule has 15 heavy (non-hydrogen) atoms. The van der Waals surface area contributed by atoms with Crippen LogP contribution in [0.1, 0.15) is 25.8 Å². The molecule has 0 aliphatic rings. The third-order valence-electron chi connectivity index (χ3n) is 2.75. The highest BCUT2D eigenvalue weighted by Crippen LogP contribution is 2.15. The molecule has 0 aromatic heterocycles. The number of rotatable bonds is 5. The maximum Gasteiger partial charge on any atom is 0.0130 e. The third kappa shape index (κ3) is 4.98. The van der Waals surface area contributed by atoms with Gasteiger partial charge in [0.2, 0.25) is 0 Å². The van der Waals surface area contributed by atoms with Gasteiger partial charge >= 0.3 is 0 Å². The lowest BCUT2D eigenvalue weighted by Crippen LogP contribution is -2.24. The first-order chi connectivity index (χ1) is 7.11. The number of halogens is 1. The molecule has 2 heteroatoms. The lowest BCUT2D eigenvalue weighted by molar-refractivity contribution is 0.440. The zero-order chi connectivity index (χ0) is 11.3. The van der Waals surface area contributed by atoms with Gasteiger partial charge in [-0.15, -0.1) is 0 Å². The largest absolute Gasteiger partial charge is 0.317 e. The van der Waals surface area contributed by atoms with Gasteiger partial charge in [-0.3, -0.25) is 0 Å². The van der Waals surface area contributed by atoms with Crippen LogP contribution in [0.4, 0.5) is 0 Å². The van der Waals surface area contributed by atoms with Crippen LogP contribution in [0.5, 0.6) is 0 Å². The molecule has 1 nitrogen and oxygen atoms in total. The van der Waals surface area contributed by atoms with Crippen molar-refractivity contribution < 1.29 is 0 Å². The first kappa shape index (κ1) is 13.0. The predicted molar refractivity (Wildman–Crippen MR) is 75.2 cm³/mol. The first-order valence-electron chi connectivity index (χ1n) is 5.53. The van der Waals surface area contributed by atoms with Crippen LogP contribution in [0.3, 0.4) is 0 Å². The Hall–Kier alpha value is -0.0900. The SMILES string of the molecule is CNC(C)CC(C)Cc1ccc(I)cc1. The van der Waals surface area contributed by atoms with E-state index in [0.717, 1.165) is 5.92 Å². The van der Waals surface area contributed by atoms with E-state index in [1.807, 2.05) is 7.05 Å². The number of hydrogen-bond acceptors (Lipinski definition) is 1. The monoisotopic (exact) mass is 317 g/mol. The van der Waals surface area contributed by atoms with Gasteiger partial charge in [0, 0.05) is 9.61 Å². The van der Waals surface area contributed by atoms with Crippen molar-refractivity contribution in [1.29, 1.82) is 0 Å². The van der Waals surface area contributed by atoms with Gasteiger partial charge < -0.3 is 5.32 Å². The summed E-state index contributed by atoms with van der Waals surface area (Å²) in [6.07, 6.45) is 2.42. The van der Waals surface area contributed by atoms with Gasteiger partial charge in [-0.05, 0) is 73.0 Å². The second-order valence-electron chi connectivity index (χ2n) is 4.36. The highest BCUT2D eigenvalue weighted by Gasteiger charge is 2.07. The quantitative estimate of drug-likeness (QED) is 0.820. The summed E-state index contributed by atoms with van der Waals surface area (Å²) in [5.41, 5.74) is 1.45. The van der Waals surface area contributed by atoms with E-state index in [9.17, 15) is 0 Å². The Balaban J connectivity index is 2.44. The Morgan fingerprint density at radius 1 is 1.20 bits per heavy atom. The molecule has 2 unspecified atom stereocenters. The van der Waals surface area contributed by atoms with Crippen molar-refractivity contribution in [3.63, 3.8) is 0 Å². The molecule has 2 atom stereocenters. The Morgan fingerprint density at radius 2 is 1.80 bits per heavy atom. The molecule has 1 aromatic carbocycles. The molecule has 84 valence electrons. The third-order valence-corrected chi connectivity index (χ3v) is 3.47. The second-order valence-corrected chi connectivity index (χ2v) is 5.61. The molecular formula is C13H20IN. The number of benzene rings is 1. The molecule has 0 spiro atoms. The van der Waals surface area contributed by atoms with Gasteiger partial charge in [-0.2, -0.15) is 0 Å². The molecule has 1 rings (SSSR count). The van der Waals surface area contributed by atoms with E-state index in [-0.39, 0.29) is 0 Å². The lowest BCUT2D eigenvalue weighted by atomic mass is 9.95. The van der Waals surface area contributed by atoms with Gasteiger partial charge in [-0.25, -0.2) is 0 Å². The van der Waals surface area contributed by atoms with Crippen LogP contribution in [0, 0.1) is 9.49 Å². The van der Waals surface area contributed by atoms with Crippen molar-refractivity contribution in [2.45, 2.75) is 32.7 Å². The maximum absolute atomic E-state index is 3.29. The van der Waals surface area contributed by atoms with E-state index in [0.29, 0.717) is 6.04 Å². The topological polar surface area (TPSA) is 12.0 Å². The predicted octanol–water partition coefficient (Wildman–Crippen LogP) is 3.47. The van der Waals surface area contributed by atoms with Gasteiger partial charge in [0.05, 0.1) is 0 Å². The molecule has 0 aliphatic carbocycles. The zero-order valence-corrected chi connectivity index (χ0v) is 11.9. The Bertz CT molecular complexity index is 281. The van der Waals surface area contributed by atoms with E-state index >= 15 is 0 Å². The Morgan fingerprint density at radius 3 is 2.33 bits per heavy atom. The molecule has 1 N–H and O–H groups in total. The van der Waals surface area contributed by atoms with Crippen molar-refractivity contribution in [3.8, 4) is 0 Å². The molecule has 0 saturated carbocycles. The summed E-state index contributed by atoms with van der Waals surface area (Å²) in [5.74, 6) is 0.743. The lowest BCUT2D eigenvalue weighted by Gasteiger charge is -2.16. The van der Waals surface area contributed by atoms with Crippen LogP contribution >= 0.6 is 22.6 Å². The van der Waals surface area contributed by atoms with Gasteiger partial charge in [0.25, 0.3) is 0 Å². The van der Waals surface area contributed by atoms with Crippen molar-refractivity contribution in [2.75, 3.05) is 7.05 Å². The zero-order valence-electron chi connectivity index (χ0n) is 9.76. The van der Waals surface area contributed by atoms with Crippen molar-refractivity contribution in [1.82, 2.24) is 5.32 Å². The molecule has 0 aliphatic heterocycles. The summed E-state index contributed by atoms with van der Waals surface area (Å²) >= 11 is 2.35. The molecule has 0 heterocycles. The van der Waals surface area contributed by atoms with E-state index in [1.54, 1.807) is 0 Å². The minimum atomic E-state index is 0.615. The smallest absolute Gasteiger partial charge is 0.0130 e. The second kappa shape index (κ2) is 6.48. The normalized spacial score (nSPS) is 14.9. The van der Waals surface area contributed by atoms with E-state index < -0.39 is 0 Å². The highest BCUT2D eigenvalue weighted by atomic mass is 127. The summed E-state index contributed by atoms with van der Waals surface area (Å²) < 4.78 is 1.31. The van der Waals surface area contributed by atoms with Crippen molar-refractivity contribution in [3.05, 3.63) is 33.4 Å². The average Bonchev–Trinajstić information content (AvgIpc) is 2.21. The minimum absolute atomic E-state index is 0.615. The summed E-state index contributed by atoms with van der Waals surface area (Å²) in [4.78, 5) is 0. The van der Waals surface area contributed by atoms with Crippen LogP contribution in [-0.2, 0) is 6.42 Å². The van der Waals surface area contributed by atoms with Crippen LogP contribution in [0.25, 0.3) is 0 Å². The fourth-order valence-corrected chi connectivity index (χ4v) is 2.19. The number of hydrogen-bond donors (Lipinski definition) is 1. The fraction of sp³-hybridized carbons (Fsp3) is 0.538. The molecule has 0 radical (unpaired) electrons. The Labute approximate surface area is 107 Å². The van der Waals surface area contributed by atoms with Crippen LogP contribution < -0.4 is 5.32 Å².